The van der Waals surface area contributed by atoms with Crippen LogP contribution in [0.4, 0.5) is 0 Å². The molecule has 0 aliphatic carbocycles. The first-order valence-electron chi connectivity index (χ1n) is 7.26. The van der Waals surface area contributed by atoms with Crippen molar-refractivity contribution in [1.29, 1.82) is 0 Å². The standard InChI is InChI=1S/C14H25N3O3/c1-13(2)4-3-7-17(10-13)12(18)14(11(15)16-19)5-8-20-9-6-14/h19H,3-10H2,1-2H3,(H2,15,16). The molecule has 6 nitrogen and oxygen atoms in total. The van der Waals surface area contributed by atoms with E-state index in [2.05, 4.69) is 19.0 Å². The fraction of sp³-hybridized carbons (Fsp3) is 0.857. The number of oxime groups is 1. The maximum absolute atomic E-state index is 13.0. The highest BCUT2D eigenvalue weighted by Crippen LogP contribution is 2.36. The summed E-state index contributed by atoms with van der Waals surface area (Å²) in [6.07, 6.45) is 3.09. The molecule has 114 valence electrons. The predicted octanol–water partition coefficient (Wildman–Crippen LogP) is 1.18. The molecule has 6 heteroatoms. The van der Waals surface area contributed by atoms with Gasteiger partial charge in [0.1, 0.15) is 5.41 Å². The number of hydrogen-bond acceptors (Lipinski definition) is 4. The zero-order valence-corrected chi connectivity index (χ0v) is 12.4. The minimum Gasteiger partial charge on any atom is -0.409 e. The lowest BCUT2D eigenvalue weighted by atomic mass is 9.76. The summed E-state index contributed by atoms with van der Waals surface area (Å²) in [7, 11) is 0. The van der Waals surface area contributed by atoms with Gasteiger partial charge in [0.25, 0.3) is 0 Å². The third kappa shape index (κ3) is 2.75. The summed E-state index contributed by atoms with van der Waals surface area (Å²) in [5, 5.41) is 12.2. The number of amides is 1. The van der Waals surface area contributed by atoms with Gasteiger partial charge in [0, 0.05) is 26.3 Å². The average Bonchev–Trinajstić information content (AvgIpc) is 2.45. The molecule has 1 amide bonds. The Morgan fingerprint density at radius 1 is 1.30 bits per heavy atom. The van der Waals surface area contributed by atoms with E-state index in [1.807, 2.05) is 4.90 Å². The number of ether oxygens (including phenoxy) is 1. The molecular formula is C14H25N3O3. The molecule has 0 saturated carbocycles. The molecule has 2 saturated heterocycles. The molecule has 2 fully saturated rings. The van der Waals surface area contributed by atoms with Crippen molar-refractivity contribution in [2.24, 2.45) is 21.7 Å². The summed E-state index contributed by atoms with van der Waals surface area (Å²) in [5.74, 6) is 0.0121. The van der Waals surface area contributed by atoms with Crippen LogP contribution >= 0.6 is 0 Å². The number of piperidine rings is 1. The second-order valence-electron chi connectivity index (χ2n) is 6.67. The number of likely N-dealkylation sites (tertiary alicyclic amines) is 1. The Kier molecular flexibility index (Phi) is 4.22. The van der Waals surface area contributed by atoms with Gasteiger partial charge in [0.2, 0.25) is 5.91 Å². The average molecular weight is 283 g/mol. The van der Waals surface area contributed by atoms with E-state index in [0.29, 0.717) is 26.1 Å². The van der Waals surface area contributed by atoms with Gasteiger partial charge in [0.05, 0.1) is 0 Å². The van der Waals surface area contributed by atoms with E-state index in [1.54, 1.807) is 0 Å². The van der Waals surface area contributed by atoms with E-state index in [0.717, 1.165) is 25.9 Å². The molecule has 0 atom stereocenters. The summed E-state index contributed by atoms with van der Waals surface area (Å²) in [4.78, 5) is 14.8. The van der Waals surface area contributed by atoms with Gasteiger partial charge in [-0.25, -0.2) is 0 Å². The summed E-state index contributed by atoms with van der Waals surface area (Å²) in [6.45, 7) is 6.77. The van der Waals surface area contributed by atoms with Crippen LogP contribution in [-0.2, 0) is 9.53 Å². The number of rotatable bonds is 2. The molecule has 0 bridgehead atoms. The highest BCUT2D eigenvalue weighted by molar-refractivity contribution is 6.06. The van der Waals surface area contributed by atoms with E-state index < -0.39 is 5.41 Å². The summed E-state index contributed by atoms with van der Waals surface area (Å²) < 4.78 is 5.33. The van der Waals surface area contributed by atoms with Gasteiger partial charge >= 0.3 is 0 Å². The van der Waals surface area contributed by atoms with Crippen molar-refractivity contribution in [3.8, 4) is 0 Å². The Balaban J connectivity index is 2.23. The van der Waals surface area contributed by atoms with Crippen LogP contribution in [0.3, 0.4) is 0 Å². The van der Waals surface area contributed by atoms with E-state index in [-0.39, 0.29) is 17.2 Å². The molecule has 3 N–H and O–H groups in total. The van der Waals surface area contributed by atoms with Crippen molar-refractivity contribution in [3.63, 3.8) is 0 Å². The normalized spacial score (nSPS) is 26.3. The van der Waals surface area contributed by atoms with Gasteiger partial charge in [-0.2, -0.15) is 0 Å². The molecule has 2 aliphatic rings. The Morgan fingerprint density at radius 3 is 2.50 bits per heavy atom. The number of carbonyl (C=O) groups excluding carboxylic acids is 1. The molecule has 20 heavy (non-hydrogen) atoms. The smallest absolute Gasteiger partial charge is 0.236 e. The van der Waals surface area contributed by atoms with E-state index in [1.165, 1.54) is 0 Å². The van der Waals surface area contributed by atoms with Crippen LogP contribution in [-0.4, -0.2) is 48.2 Å². The number of hydrogen-bond donors (Lipinski definition) is 2. The maximum atomic E-state index is 13.0. The van der Waals surface area contributed by atoms with Crippen molar-refractivity contribution >= 4 is 11.7 Å². The summed E-state index contributed by atoms with van der Waals surface area (Å²) >= 11 is 0. The first-order valence-corrected chi connectivity index (χ1v) is 7.26. The Labute approximate surface area is 119 Å². The summed E-state index contributed by atoms with van der Waals surface area (Å²) in [5.41, 5.74) is 5.10. The highest BCUT2D eigenvalue weighted by Gasteiger charge is 2.47. The second kappa shape index (κ2) is 5.60. The first kappa shape index (κ1) is 15.1. The fourth-order valence-corrected chi connectivity index (χ4v) is 3.29. The number of amidine groups is 1. The topological polar surface area (TPSA) is 88.2 Å². The van der Waals surface area contributed by atoms with E-state index in [9.17, 15) is 4.79 Å². The third-order valence-corrected chi connectivity index (χ3v) is 4.54. The molecular weight excluding hydrogens is 258 g/mol. The summed E-state index contributed by atoms with van der Waals surface area (Å²) in [6, 6.07) is 0. The van der Waals surface area contributed by atoms with Crippen LogP contribution < -0.4 is 5.73 Å². The van der Waals surface area contributed by atoms with Gasteiger partial charge in [-0.05, 0) is 31.1 Å². The lowest BCUT2D eigenvalue weighted by Gasteiger charge is -2.44. The van der Waals surface area contributed by atoms with Crippen LogP contribution in [0.2, 0.25) is 0 Å². The second-order valence-corrected chi connectivity index (χ2v) is 6.67. The van der Waals surface area contributed by atoms with Gasteiger partial charge in [-0.15, -0.1) is 0 Å². The van der Waals surface area contributed by atoms with Crippen LogP contribution in [0.1, 0.15) is 39.5 Å². The van der Waals surface area contributed by atoms with E-state index in [4.69, 9.17) is 15.7 Å². The number of nitrogens with two attached hydrogens (primary N) is 1. The highest BCUT2D eigenvalue weighted by atomic mass is 16.5. The van der Waals surface area contributed by atoms with Gasteiger partial charge in [-0.1, -0.05) is 19.0 Å². The molecule has 0 radical (unpaired) electrons. The molecule has 2 heterocycles. The van der Waals surface area contributed by atoms with Crippen LogP contribution in [0.15, 0.2) is 5.16 Å². The zero-order valence-electron chi connectivity index (χ0n) is 12.4. The van der Waals surface area contributed by atoms with Crippen molar-refractivity contribution < 1.29 is 14.7 Å². The number of carbonyl (C=O) groups is 1. The minimum absolute atomic E-state index is 0.0103. The molecule has 0 aromatic carbocycles. The molecule has 0 aromatic heterocycles. The van der Waals surface area contributed by atoms with Gasteiger partial charge in [-0.3, -0.25) is 4.79 Å². The van der Waals surface area contributed by atoms with Gasteiger partial charge < -0.3 is 20.6 Å². The SMILES string of the molecule is CC1(C)CCCN(C(=O)C2(C(N)=NO)CCOCC2)C1. The predicted molar refractivity (Wildman–Crippen MR) is 75.5 cm³/mol. The quantitative estimate of drug-likeness (QED) is 0.345. The van der Waals surface area contributed by atoms with Gasteiger partial charge in [0.15, 0.2) is 5.84 Å². The maximum Gasteiger partial charge on any atom is 0.236 e. The number of nitrogens with zero attached hydrogens (tertiary/aromatic N) is 2. The monoisotopic (exact) mass is 283 g/mol. The van der Waals surface area contributed by atoms with Crippen molar-refractivity contribution in [3.05, 3.63) is 0 Å². The van der Waals surface area contributed by atoms with Crippen LogP contribution in [0.25, 0.3) is 0 Å². The lowest BCUT2D eigenvalue weighted by Crippen LogP contribution is -2.56. The third-order valence-electron chi connectivity index (χ3n) is 4.54. The van der Waals surface area contributed by atoms with Crippen molar-refractivity contribution in [2.45, 2.75) is 39.5 Å². The molecule has 0 unspecified atom stereocenters. The van der Waals surface area contributed by atoms with E-state index >= 15 is 0 Å². The van der Waals surface area contributed by atoms with Crippen molar-refractivity contribution in [2.75, 3.05) is 26.3 Å². The van der Waals surface area contributed by atoms with Crippen molar-refractivity contribution in [1.82, 2.24) is 4.90 Å². The first-order chi connectivity index (χ1) is 9.41. The Bertz CT molecular complexity index is 400. The molecule has 2 aliphatic heterocycles. The van der Waals surface area contributed by atoms with Crippen LogP contribution in [0, 0.1) is 10.8 Å². The van der Waals surface area contributed by atoms with Crippen LogP contribution in [0.5, 0.6) is 0 Å². The zero-order chi connectivity index (χ0) is 14.8. The lowest BCUT2D eigenvalue weighted by molar-refractivity contribution is -0.145. The fourth-order valence-electron chi connectivity index (χ4n) is 3.29. The Hall–Kier alpha value is -1.30. The largest absolute Gasteiger partial charge is 0.409 e. The molecule has 0 aromatic rings. The molecule has 0 spiro atoms. The Morgan fingerprint density at radius 2 is 1.95 bits per heavy atom. The molecule has 2 rings (SSSR count). The minimum atomic E-state index is -0.888.